The lowest BCUT2D eigenvalue weighted by Crippen LogP contribution is -2.26. The number of hydrogen-bond donors (Lipinski definition) is 2. The number of amides is 2. The molecule has 4 rings (SSSR count). The van der Waals surface area contributed by atoms with Crippen LogP contribution in [-0.2, 0) is 11.8 Å². The van der Waals surface area contributed by atoms with E-state index in [0.717, 1.165) is 23.2 Å². The largest absolute Gasteiger partial charge is 0.493 e. The minimum atomic E-state index is -0.797. The predicted molar refractivity (Wildman–Crippen MR) is 159 cm³/mol. The lowest BCUT2D eigenvalue weighted by atomic mass is 10.1. The van der Waals surface area contributed by atoms with Crippen LogP contribution in [0.15, 0.2) is 87.1 Å². The first-order valence-corrected chi connectivity index (χ1v) is 13.5. The zero-order chi connectivity index (χ0) is 28.1. The highest BCUT2D eigenvalue weighted by molar-refractivity contribution is 9.10. The van der Waals surface area contributed by atoms with Crippen molar-refractivity contribution in [2.45, 2.75) is 13.8 Å². The van der Waals surface area contributed by atoms with Crippen molar-refractivity contribution in [2.24, 2.45) is 17.3 Å². The smallest absolute Gasteiger partial charge is 0.311 e. The second kappa shape index (κ2) is 12.3. The normalized spacial score (nSPS) is 11.8. The Morgan fingerprint density at radius 3 is 2.44 bits per heavy atom. The van der Waals surface area contributed by atoms with E-state index in [2.05, 4.69) is 50.2 Å². The van der Waals surface area contributed by atoms with Gasteiger partial charge < -0.3 is 19.9 Å². The van der Waals surface area contributed by atoms with Gasteiger partial charge in [-0.25, -0.2) is 0 Å². The molecule has 0 saturated heterocycles. The summed E-state index contributed by atoms with van der Waals surface area (Å²) in [5.74, 6) is -1.50. The molecule has 0 aliphatic rings. The van der Waals surface area contributed by atoms with E-state index in [1.54, 1.807) is 41.9 Å². The first kappa shape index (κ1) is 28.1. The molecule has 0 bridgehead atoms. The van der Waals surface area contributed by atoms with Crippen molar-refractivity contribution in [3.63, 3.8) is 0 Å². The molecule has 10 heteroatoms. The maximum absolute atomic E-state index is 13.3. The van der Waals surface area contributed by atoms with E-state index >= 15 is 0 Å². The molecule has 0 aliphatic carbocycles. The molecule has 0 saturated carbocycles. The Morgan fingerprint density at radius 1 is 1.08 bits per heavy atom. The Kier molecular flexibility index (Phi) is 8.83. The van der Waals surface area contributed by atoms with Crippen LogP contribution in [0.5, 0.6) is 5.88 Å². The minimum Gasteiger partial charge on any atom is -0.493 e. The van der Waals surface area contributed by atoms with Gasteiger partial charge in [0.25, 0.3) is 5.91 Å². The number of aryl methyl sites for hydroxylation is 1. The average molecular weight is 609 g/mol. The van der Waals surface area contributed by atoms with Crippen LogP contribution in [0.4, 0.5) is 11.4 Å². The fourth-order valence-corrected chi connectivity index (χ4v) is 4.74. The third-order valence-electron chi connectivity index (χ3n) is 6.28. The number of aromatic hydroxyl groups is 1. The van der Waals surface area contributed by atoms with Crippen LogP contribution in [0.25, 0.3) is 17.0 Å². The van der Waals surface area contributed by atoms with Gasteiger partial charge in [-0.2, -0.15) is 0 Å². The Balaban J connectivity index is 1.70. The SMILES string of the molecule is CCN(CC)c1ccc(C=C(NC(=O)c2ccccc2Cl)C(=O)N=Nc2c(O)n(C)c3ccc(Br)cc23)cc1. The maximum Gasteiger partial charge on any atom is 0.311 e. The van der Waals surface area contributed by atoms with Gasteiger partial charge in [0.2, 0.25) is 5.88 Å². The van der Waals surface area contributed by atoms with Crippen molar-refractivity contribution in [3.05, 3.63) is 93.0 Å². The summed E-state index contributed by atoms with van der Waals surface area (Å²) in [6.07, 6.45) is 1.53. The van der Waals surface area contributed by atoms with E-state index in [4.69, 9.17) is 11.6 Å². The van der Waals surface area contributed by atoms with Crippen molar-refractivity contribution < 1.29 is 14.7 Å². The average Bonchev–Trinajstić information content (AvgIpc) is 3.16. The second-order valence-electron chi connectivity index (χ2n) is 8.65. The lowest BCUT2D eigenvalue weighted by Gasteiger charge is -2.20. The zero-order valence-electron chi connectivity index (χ0n) is 21.7. The van der Waals surface area contributed by atoms with E-state index in [0.29, 0.717) is 16.5 Å². The summed E-state index contributed by atoms with van der Waals surface area (Å²) in [7, 11) is 1.68. The Bertz CT molecular complexity index is 1590. The van der Waals surface area contributed by atoms with E-state index < -0.39 is 11.8 Å². The number of hydrogen-bond acceptors (Lipinski definition) is 5. The lowest BCUT2D eigenvalue weighted by molar-refractivity contribution is -0.115. The van der Waals surface area contributed by atoms with E-state index in [-0.39, 0.29) is 27.9 Å². The van der Waals surface area contributed by atoms with Gasteiger partial charge in [0.1, 0.15) is 5.70 Å². The van der Waals surface area contributed by atoms with Gasteiger partial charge >= 0.3 is 5.91 Å². The van der Waals surface area contributed by atoms with E-state index in [9.17, 15) is 14.7 Å². The Labute approximate surface area is 239 Å². The number of fused-ring (bicyclic) bond motifs is 1. The Hall–Kier alpha value is -3.95. The molecule has 200 valence electrons. The molecule has 2 amide bonds. The van der Waals surface area contributed by atoms with Gasteiger partial charge in [0, 0.05) is 35.7 Å². The van der Waals surface area contributed by atoms with Gasteiger partial charge in [-0.3, -0.25) is 9.59 Å². The van der Waals surface area contributed by atoms with Gasteiger partial charge in [-0.05, 0) is 68.0 Å². The van der Waals surface area contributed by atoms with E-state index in [1.807, 2.05) is 36.4 Å². The number of benzene rings is 3. The number of nitrogens with zero attached hydrogens (tertiary/aromatic N) is 4. The van der Waals surface area contributed by atoms with Crippen molar-refractivity contribution in [1.82, 2.24) is 9.88 Å². The molecule has 2 N–H and O–H groups in total. The highest BCUT2D eigenvalue weighted by atomic mass is 79.9. The number of aromatic nitrogens is 1. The summed E-state index contributed by atoms with van der Waals surface area (Å²) in [5.41, 5.74) is 2.70. The maximum atomic E-state index is 13.3. The number of carbonyl (C=O) groups is 2. The molecule has 4 aromatic rings. The highest BCUT2D eigenvalue weighted by Gasteiger charge is 2.19. The molecular weight excluding hydrogens is 582 g/mol. The highest BCUT2D eigenvalue weighted by Crippen LogP contribution is 2.39. The summed E-state index contributed by atoms with van der Waals surface area (Å²) in [5, 5.41) is 22.0. The van der Waals surface area contributed by atoms with Gasteiger partial charge in [-0.1, -0.05) is 51.8 Å². The van der Waals surface area contributed by atoms with Crippen molar-refractivity contribution >= 4 is 67.7 Å². The van der Waals surface area contributed by atoms with Gasteiger partial charge in [0.05, 0.1) is 16.1 Å². The summed E-state index contributed by atoms with van der Waals surface area (Å²) in [6.45, 7) is 5.88. The quantitative estimate of drug-likeness (QED) is 0.163. The third kappa shape index (κ3) is 6.21. The molecular formula is C29H27BrClN5O3. The van der Waals surface area contributed by atoms with Crippen molar-refractivity contribution in [3.8, 4) is 5.88 Å². The van der Waals surface area contributed by atoms with Gasteiger partial charge in [-0.15, -0.1) is 10.2 Å². The molecule has 3 aromatic carbocycles. The summed E-state index contributed by atoms with van der Waals surface area (Å²) in [4.78, 5) is 28.5. The predicted octanol–water partition coefficient (Wildman–Crippen LogP) is 7.23. The third-order valence-corrected chi connectivity index (χ3v) is 7.10. The fraction of sp³-hybridized carbons (Fsp3) is 0.172. The monoisotopic (exact) mass is 607 g/mol. The molecule has 0 radical (unpaired) electrons. The zero-order valence-corrected chi connectivity index (χ0v) is 24.0. The van der Waals surface area contributed by atoms with Crippen LogP contribution in [0.1, 0.15) is 29.8 Å². The molecule has 39 heavy (non-hydrogen) atoms. The standard InChI is InChI=1S/C29H27BrClN5O3/c1-4-36(5-2)20-13-10-18(11-14-20)16-24(32-27(37)21-8-6-7-9-23(21)31)28(38)34-33-26-22-17-19(30)12-15-25(22)35(3)29(26)39/h6-17,39H,4-5H2,1-3H3,(H,32,37). The topological polar surface area (TPSA) is 99.3 Å². The number of halogens is 2. The van der Waals surface area contributed by atoms with Crippen LogP contribution in [0, 0.1) is 0 Å². The van der Waals surface area contributed by atoms with E-state index in [1.165, 1.54) is 6.08 Å². The molecule has 0 aliphatic heterocycles. The van der Waals surface area contributed by atoms with Crippen LogP contribution in [0.3, 0.4) is 0 Å². The first-order chi connectivity index (χ1) is 18.7. The molecule has 1 aromatic heterocycles. The number of nitrogens with one attached hydrogen (secondary N) is 1. The van der Waals surface area contributed by atoms with Crippen molar-refractivity contribution in [1.29, 1.82) is 0 Å². The molecule has 0 spiro atoms. The molecule has 0 unspecified atom stereocenters. The van der Waals surface area contributed by atoms with Gasteiger partial charge in [0.15, 0.2) is 5.69 Å². The molecule has 8 nitrogen and oxygen atoms in total. The first-order valence-electron chi connectivity index (χ1n) is 12.3. The number of rotatable bonds is 8. The van der Waals surface area contributed by atoms with Crippen LogP contribution >= 0.6 is 27.5 Å². The number of anilines is 1. The Morgan fingerprint density at radius 2 is 1.77 bits per heavy atom. The number of carbonyl (C=O) groups excluding carboxylic acids is 2. The summed E-state index contributed by atoms with van der Waals surface area (Å²) in [6, 6.07) is 19.6. The molecule has 0 atom stereocenters. The van der Waals surface area contributed by atoms with Crippen molar-refractivity contribution in [2.75, 3.05) is 18.0 Å². The molecule has 0 fully saturated rings. The van der Waals surface area contributed by atoms with Crippen LogP contribution in [-0.4, -0.2) is 34.6 Å². The van der Waals surface area contributed by atoms with Crippen LogP contribution in [0.2, 0.25) is 5.02 Å². The molecule has 1 heterocycles. The van der Waals surface area contributed by atoms with Crippen LogP contribution < -0.4 is 10.2 Å². The number of azo groups is 1. The summed E-state index contributed by atoms with van der Waals surface area (Å²) < 4.78 is 2.33. The second-order valence-corrected chi connectivity index (χ2v) is 9.98. The minimum absolute atomic E-state index is 0.0971. The fourth-order valence-electron chi connectivity index (χ4n) is 4.15. The summed E-state index contributed by atoms with van der Waals surface area (Å²) >= 11 is 9.62.